The lowest BCUT2D eigenvalue weighted by atomic mass is 10.0. The Morgan fingerprint density at radius 2 is 1.92 bits per heavy atom. The van der Waals surface area contributed by atoms with Crippen molar-refractivity contribution >= 4 is 0 Å². The minimum Gasteiger partial charge on any atom is -0.393 e. The first-order valence-electron chi connectivity index (χ1n) is 4.83. The van der Waals surface area contributed by atoms with E-state index in [-0.39, 0.29) is 6.10 Å². The number of hydrogen-bond donors (Lipinski definition) is 1. The molecular weight excluding hydrogens is 154 g/mol. The Labute approximate surface area is 73.3 Å². The van der Waals surface area contributed by atoms with E-state index in [0.29, 0.717) is 0 Å². The number of nitrogens with zero attached hydrogens (tertiary/aromatic N) is 1. The number of aliphatic hydroxyl groups is 1. The summed E-state index contributed by atoms with van der Waals surface area (Å²) in [5.74, 6) is 0.764. The summed E-state index contributed by atoms with van der Waals surface area (Å²) in [6, 6.07) is 0. The molecule has 2 fully saturated rings. The first-order chi connectivity index (χ1) is 5.84. The maximum atomic E-state index is 9.28. The third-order valence-electron chi connectivity index (χ3n) is 2.78. The van der Waals surface area contributed by atoms with Crippen LogP contribution in [-0.4, -0.2) is 49.0 Å². The fourth-order valence-electron chi connectivity index (χ4n) is 1.86. The van der Waals surface area contributed by atoms with Gasteiger partial charge in [-0.15, -0.1) is 0 Å². The van der Waals surface area contributed by atoms with Crippen molar-refractivity contribution < 1.29 is 9.84 Å². The Hall–Kier alpha value is -0.120. The first kappa shape index (κ1) is 8.48. The molecule has 3 heteroatoms. The van der Waals surface area contributed by atoms with Crippen molar-refractivity contribution in [1.82, 2.24) is 4.90 Å². The Morgan fingerprint density at radius 1 is 1.25 bits per heavy atom. The fourth-order valence-corrected chi connectivity index (χ4v) is 1.86. The second-order valence-corrected chi connectivity index (χ2v) is 3.94. The predicted molar refractivity (Wildman–Crippen MR) is 46.0 cm³/mol. The zero-order valence-electron chi connectivity index (χ0n) is 7.41. The lowest BCUT2D eigenvalue weighted by Crippen LogP contribution is -2.43. The number of ether oxygens (including phenoxy) is 1. The molecule has 0 aromatic carbocycles. The quantitative estimate of drug-likeness (QED) is 0.639. The minimum atomic E-state index is -0.0427. The maximum Gasteiger partial charge on any atom is 0.0564 e. The fraction of sp³-hybridized carbons (Fsp3) is 1.00. The molecule has 2 heterocycles. The standard InChI is InChI=1S/C9H17NO2/c11-9-1-3-10(4-2-9)5-8-6-12-7-8/h8-9,11H,1-7H2. The Morgan fingerprint density at radius 3 is 2.42 bits per heavy atom. The van der Waals surface area contributed by atoms with Crippen molar-refractivity contribution in [3.63, 3.8) is 0 Å². The summed E-state index contributed by atoms with van der Waals surface area (Å²) >= 11 is 0. The average molecular weight is 171 g/mol. The molecule has 70 valence electrons. The van der Waals surface area contributed by atoms with Crippen LogP contribution in [0.2, 0.25) is 0 Å². The molecule has 2 aliphatic heterocycles. The van der Waals surface area contributed by atoms with Crippen molar-refractivity contribution in [3.05, 3.63) is 0 Å². The van der Waals surface area contributed by atoms with E-state index >= 15 is 0 Å². The highest BCUT2D eigenvalue weighted by molar-refractivity contribution is 4.76. The van der Waals surface area contributed by atoms with Gasteiger partial charge >= 0.3 is 0 Å². The van der Waals surface area contributed by atoms with Crippen molar-refractivity contribution in [2.45, 2.75) is 18.9 Å². The zero-order chi connectivity index (χ0) is 8.39. The van der Waals surface area contributed by atoms with E-state index in [0.717, 1.165) is 45.1 Å². The van der Waals surface area contributed by atoms with Crippen LogP contribution < -0.4 is 0 Å². The molecule has 0 unspecified atom stereocenters. The smallest absolute Gasteiger partial charge is 0.0564 e. The molecule has 1 N–H and O–H groups in total. The summed E-state index contributed by atoms with van der Waals surface area (Å²) in [6.07, 6.45) is 1.86. The summed E-state index contributed by atoms with van der Waals surface area (Å²) in [5, 5.41) is 9.28. The van der Waals surface area contributed by atoms with Crippen LogP contribution in [0.1, 0.15) is 12.8 Å². The zero-order valence-corrected chi connectivity index (χ0v) is 7.41. The van der Waals surface area contributed by atoms with Gasteiger partial charge in [0.15, 0.2) is 0 Å². The molecule has 2 saturated heterocycles. The molecule has 0 aromatic heterocycles. The van der Waals surface area contributed by atoms with E-state index in [4.69, 9.17) is 4.74 Å². The van der Waals surface area contributed by atoms with Crippen LogP contribution in [0.15, 0.2) is 0 Å². The molecular formula is C9H17NO2. The van der Waals surface area contributed by atoms with Gasteiger partial charge < -0.3 is 14.7 Å². The molecule has 0 aliphatic carbocycles. The van der Waals surface area contributed by atoms with E-state index in [1.165, 1.54) is 6.54 Å². The van der Waals surface area contributed by atoms with Gasteiger partial charge in [-0.05, 0) is 12.8 Å². The van der Waals surface area contributed by atoms with Crippen LogP contribution in [0, 0.1) is 5.92 Å². The normalized spacial score (nSPS) is 28.8. The van der Waals surface area contributed by atoms with Crippen molar-refractivity contribution in [2.24, 2.45) is 5.92 Å². The highest BCUT2D eigenvalue weighted by atomic mass is 16.5. The van der Waals surface area contributed by atoms with Gasteiger partial charge in [0.05, 0.1) is 19.3 Å². The van der Waals surface area contributed by atoms with Crippen molar-refractivity contribution in [2.75, 3.05) is 32.8 Å². The Kier molecular flexibility index (Phi) is 2.63. The molecule has 0 bridgehead atoms. The number of piperidine rings is 1. The van der Waals surface area contributed by atoms with Gasteiger partial charge in [0.25, 0.3) is 0 Å². The first-order valence-corrected chi connectivity index (χ1v) is 4.83. The summed E-state index contributed by atoms with van der Waals surface area (Å²) in [7, 11) is 0. The van der Waals surface area contributed by atoms with Crippen LogP contribution in [0.25, 0.3) is 0 Å². The Balaban J connectivity index is 1.67. The van der Waals surface area contributed by atoms with Crippen LogP contribution >= 0.6 is 0 Å². The third kappa shape index (κ3) is 1.97. The van der Waals surface area contributed by atoms with Crippen molar-refractivity contribution in [3.8, 4) is 0 Å². The second-order valence-electron chi connectivity index (χ2n) is 3.94. The van der Waals surface area contributed by atoms with E-state index < -0.39 is 0 Å². The van der Waals surface area contributed by atoms with Crippen molar-refractivity contribution in [1.29, 1.82) is 0 Å². The van der Waals surface area contributed by atoms with Gasteiger partial charge in [-0.2, -0.15) is 0 Å². The highest BCUT2D eigenvalue weighted by Gasteiger charge is 2.24. The number of rotatable bonds is 2. The van der Waals surface area contributed by atoms with Crippen LogP contribution in [0.5, 0.6) is 0 Å². The maximum absolute atomic E-state index is 9.28. The molecule has 2 rings (SSSR count). The summed E-state index contributed by atoms with van der Waals surface area (Å²) in [4.78, 5) is 2.44. The van der Waals surface area contributed by atoms with Gasteiger partial charge in [0, 0.05) is 25.6 Å². The molecule has 0 radical (unpaired) electrons. The minimum absolute atomic E-state index is 0.0427. The monoisotopic (exact) mass is 171 g/mol. The number of aliphatic hydroxyl groups excluding tert-OH is 1. The van der Waals surface area contributed by atoms with Gasteiger partial charge in [0.2, 0.25) is 0 Å². The molecule has 3 nitrogen and oxygen atoms in total. The van der Waals surface area contributed by atoms with Crippen LogP contribution in [0.4, 0.5) is 0 Å². The summed E-state index contributed by atoms with van der Waals surface area (Å²) in [5.41, 5.74) is 0. The lowest BCUT2D eigenvalue weighted by Gasteiger charge is -2.35. The Bertz CT molecular complexity index is 139. The summed E-state index contributed by atoms with van der Waals surface area (Å²) in [6.45, 7) is 5.19. The molecule has 0 saturated carbocycles. The SMILES string of the molecule is OC1CCN(CC2COC2)CC1. The number of hydrogen-bond acceptors (Lipinski definition) is 3. The largest absolute Gasteiger partial charge is 0.393 e. The van der Waals surface area contributed by atoms with Gasteiger partial charge in [0.1, 0.15) is 0 Å². The average Bonchev–Trinajstić information content (AvgIpc) is 2.00. The van der Waals surface area contributed by atoms with Gasteiger partial charge in [-0.3, -0.25) is 0 Å². The summed E-state index contributed by atoms with van der Waals surface area (Å²) < 4.78 is 5.12. The van der Waals surface area contributed by atoms with E-state index in [1.807, 2.05) is 0 Å². The molecule has 0 atom stereocenters. The van der Waals surface area contributed by atoms with Gasteiger partial charge in [-0.25, -0.2) is 0 Å². The second kappa shape index (κ2) is 3.73. The molecule has 2 aliphatic rings. The van der Waals surface area contributed by atoms with E-state index in [9.17, 15) is 5.11 Å². The number of likely N-dealkylation sites (tertiary alicyclic amines) is 1. The lowest BCUT2D eigenvalue weighted by molar-refractivity contribution is -0.0524. The van der Waals surface area contributed by atoms with Gasteiger partial charge in [-0.1, -0.05) is 0 Å². The predicted octanol–water partition coefficient (Wildman–Crippen LogP) is 0.0895. The highest BCUT2D eigenvalue weighted by Crippen LogP contribution is 2.16. The molecule has 0 amide bonds. The molecule has 0 spiro atoms. The molecule has 12 heavy (non-hydrogen) atoms. The third-order valence-corrected chi connectivity index (χ3v) is 2.78. The van der Waals surface area contributed by atoms with E-state index in [2.05, 4.69) is 4.90 Å². The van der Waals surface area contributed by atoms with Crippen LogP contribution in [0.3, 0.4) is 0 Å². The molecule has 0 aromatic rings. The van der Waals surface area contributed by atoms with Crippen LogP contribution in [-0.2, 0) is 4.74 Å². The topological polar surface area (TPSA) is 32.7 Å². The van der Waals surface area contributed by atoms with E-state index in [1.54, 1.807) is 0 Å².